The van der Waals surface area contributed by atoms with Crippen LogP contribution in [0.15, 0.2) is 0 Å². The molecule has 3 amide bonds. The summed E-state index contributed by atoms with van der Waals surface area (Å²) in [6.07, 6.45) is 5.51. The van der Waals surface area contributed by atoms with Crippen LogP contribution in [-0.4, -0.2) is 65.8 Å². The van der Waals surface area contributed by atoms with Crippen molar-refractivity contribution in [2.75, 3.05) is 26.2 Å². The summed E-state index contributed by atoms with van der Waals surface area (Å²) in [5, 5.41) is 3.33. The molecule has 0 aromatic carbocycles. The molecule has 2 aliphatic heterocycles. The molecule has 7 nitrogen and oxygen atoms in total. The zero-order valence-corrected chi connectivity index (χ0v) is 18.7. The van der Waals surface area contributed by atoms with Gasteiger partial charge in [-0.2, -0.15) is 0 Å². The molecule has 29 heavy (non-hydrogen) atoms. The highest BCUT2D eigenvalue weighted by Crippen LogP contribution is 2.28. The van der Waals surface area contributed by atoms with Crippen LogP contribution in [-0.2, 0) is 14.4 Å². The van der Waals surface area contributed by atoms with Crippen LogP contribution in [0.5, 0.6) is 0 Å². The van der Waals surface area contributed by atoms with Crippen molar-refractivity contribution in [3.8, 4) is 0 Å². The van der Waals surface area contributed by atoms with Crippen LogP contribution < -0.4 is 11.1 Å². The SMILES string of the molecule is CCCC[C@@H]1NCCN(C(CC(C)(C)C)C(=O)N2CCC(CC(N)=O)CC2)C1=O. The Balaban J connectivity index is 2.10. The number of unbranched alkanes of at least 4 members (excludes halogenated alkanes) is 1. The van der Waals surface area contributed by atoms with Gasteiger partial charge >= 0.3 is 0 Å². The van der Waals surface area contributed by atoms with Crippen molar-refractivity contribution in [2.45, 2.75) is 84.7 Å². The van der Waals surface area contributed by atoms with Crippen LogP contribution in [0.3, 0.4) is 0 Å². The Labute approximate surface area is 175 Å². The number of rotatable bonds is 8. The summed E-state index contributed by atoms with van der Waals surface area (Å²) in [6.45, 7) is 11.1. The molecule has 0 aliphatic carbocycles. The number of nitrogens with two attached hydrogens (primary N) is 1. The second-order valence-corrected chi connectivity index (χ2v) is 9.90. The third kappa shape index (κ3) is 6.98. The number of hydrogen-bond donors (Lipinski definition) is 2. The smallest absolute Gasteiger partial charge is 0.245 e. The quantitative estimate of drug-likeness (QED) is 0.641. The predicted octanol–water partition coefficient (Wildman–Crippen LogP) is 1.90. The number of hydrogen-bond acceptors (Lipinski definition) is 4. The largest absolute Gasteiger partial charge is 0.370 e. The highest BCUT2D eigenvalue weighted by molar-refractivity contribution is 5.90. The minimum atomic E-state index is -0.415. The highest BCUT2D eigenvalue weighted by atomic mass is 16.2. The Hall–Kier alpha value is -1.63. The van der Waals surface area contributed by atoms with Crippen molar-refractivity contribution in [2.24, 2.45) is 17.1 Å². The van der Waals surface area contributed by atoms with Gasteiger partial charge in [0.1, 0.15) is 6.04 Å². The first-order valence-corrected chi connectivity index (χ1v) is 11.2. The topological polar surface area (TPSA) is 95.7 Å². The van der Waals surface area contributed by atoms with E-state index in [0.717, 1.165) is 38.6 Å². The summed E-state index contributed by atoms with van der Waals surface area (Å²) in [5.41, 5.74) is 5.27. The van der Waals surface area contributed by atoms with Crippen molar-refractivity contribution in [1.29, 1.82) is 0 Å². The van der Waals surface area contributed by atoms with Gasteiger partial charge in [-0.15, -0.1) is 0 Å². The molecule has 0 aromatic rings. The molecule has 0 radical (unpaired) electrons. The van der Waals surface area contributed by atoms with Gasteiger partial charge in [0.05, 0.1) is 6.04 Å². The van der Waals surface area contributed by atoms with E-state index in [4.69, 9.17) is 5.73 Å². The molecule has 2 aliphatic rings. The number of piperidine rings is 1. The van der Waals surface area contributed by atoms with E-state index < -0.39 is 6.04 Å². The fourth-order valence-corrected chi connectivity index (χ4v) is 4.46. The Morgan fingerprint density at radius 1 is 1.21 bits per heavy atom. The van der Waals surface area contributed by atoms with Gasteiger partial charge in [-0.05, 0) is 37.0 Å². The minimum Gasteiger partial charge on any atom is -0.370 e. The molecule has 2 rings (SSSR count). The van der Waals surface area contributed by atoms with Crippen LogP contribution in [0.25, 0.3) is 0 Å². The first-order valence-electron chi connectivity index (χ1n) is 11.2. The Morgan fingerprint density at radius 2 is 1.86 bits per heavy atom. The Kier molecular flexibility index (Phi) is 8.49. The van der Waals surface area contributed by atoms with Crippen LogP contribution in [0, 0.1) is 11.3 Å². The van der Waals surface area contributed by atoms with Crippen LogP contribution >= 0.6 is 0 Å². The molecule has 0 bridgehead atoms. The highest BCUT2D eigenvalue weighted by Gasteiger charge is 2.40. The molecular formula is C22H40N4O3. The molecule has 2 heterocycles. The summed E-state index contributed by atoms with van der Waals surface area (Å²) >= 11 is 0. The lowest BCUT2D eigenvalue weighted by Gasteiger charge is -2.43. The fourth-order valence-electron chi connectivity index (χ4n) is 4.46. The van der Waals surface area contributed by atoms with E-state index in [1.54, 1.807) is 0 Å². The number of piperazine rings is 1. The van der Waals surface area contributed by atoms with Gasteiger partial charge in [0.2, 0.25) is 17.7 Å². The Morgan fingerprint density at radius 3 is 2.41 bits per heavy atom. The van der Waals surface area contributed by atoms with Gasteiger partial charge in [0, 0.05) is 32.6 Å². The maximum Gasteiger partial charge on any atom is 0.245 e. The van der Waals surface area contributed by atoms with E-state index in [2.05, 4.69) is 33.0 Å². The third-order valence-corrected chi connectivity index (χ3v) is 6.05. The van der Waals surface area contributed by atoms with Gasteiger partial charge in [0.15, 0.2) is 0 Å². The van der Waals surface area contributed by atoms with E-state index in [0.29, 0.717) is 32.5 Å². The molecule has 0 spiro atoms. The van der Waals surface area contributed by atoms with Gasteiger partial charge in [-0.3, -0.25) is 14.4 Å². The van der Waals surface area contributed by atoms with E-state index in [-0.39, 0.29) is 35.1 Å². The van der Waals surface area contributed by atoms with Crippen molar-refractivity contribution < 1.29 is 14.4 Å². The van der Waals surface area contributed by atoms with Gasteiger partial charge in [0.25, 0.3) is 0 Å². The number of carbonyl (C=O) groups excluding carboxylic acids is 3. The van der Waals surface area contributed by atoms with E-state index >= 15 is 0 Å². The zero-order valence-electron chi connectivity index (χ0n) is 18.7. The molecule has 0 aromatic heterocycles. The second-order valence-electron chi connectivity index (χ2n) is 9.90. The molecule has 3 N–H and O–H groups in total. The zero-order chi connectivity index (χ0) is 21.6. The summed E-state index contributed by atoms with van der Waals surface area (Å²) < 4.78 is 0. The lowest BCUT2D eigenvalue weighted by Crippen LogP contribution is -2.62. The summed E-state index contributed by atoms with van der Waals surface area (Å²) in [7, 11) is 0. The third-order valence-electron chi connectivity index (χ3n) is 6.05. The van der Waals surface area contributed by atoms with Gasteiger partial charge in [-0.1, -0.05) is 40.5 Å². The standard InChI is InChI=1S/C22H40N4O3/c1-5-6-7-17-20(28)26(13-10-24-17)18(15-22(2,3)4)21(29)25-11-8-16(9-12-25)14-19(23)27/h16-18,24H,5-15H2,1-4H3,(H2,23,27)/t17-,18?/m0/s1. The average molecular weight is 409 g/mol. The monoisotopic (exact) mass is 408 g/mol. The lowest BCUT2D eigenvalue weighted by molar-refractivity contribution is -0.151. The van der Waals surface area contributed by atoms with Crippen LogP contribution in [0.4, 0.5) is 0 Å². The first-order chi connectivity index (χ1) is 13.6. The molecule has 7 heteroatoms. The van der Waals surface area contributed by atoms with Crippen LogP contribution in [0.2, 0.25) is 0 Å². The lowest BCUT2D eigenvalue weighted by atomic mass is 9.85. The minimum absolute atomic E-state index is 0.0574. The summed E-state index contributed by atoms with van der Waals surface area (Å²) in [4.78, 5) is 41.6. The number of nitrogens with one attached hydrogen (secondary N) is 1. The summed E-state index contributed by atoms with van der Waals surface area (Å²) in [6, 6.07) is -0.596. The van der Waals surface area contributed by atoms with Crippen molar-refractivity contribution in [1.82, 2.24) is 15.1 Å². The Bertz CT molecular complexity index is 579. The molecule has 2 atom stereocenters. The van der Waals surface area contributed by atoms with Crippen molar-refractivity contribution >= 4 is 17.7 Å². The maximum atomic E-state index is 13.5. The molecule has 166 valence electrons. The molecule has 2 saturated heterocycles. The predicted molar refractivity (Wildman–Crippen MR) is 114 cm³/mol. The average Bonchev–Trinajstić information content (AvgIpc) is 2.64. The molecule has 0 saturated carbocycles. The van der Waals surface area contributed by atoms with Crippen LogP contribution in [0.1, 0.15) is 72.6 Å². The van der Waals surface area contributed by atoms with E-state index in [1.165, 1.54) is 0 Å². The van der Waals surface area contributed by atoms with E-state index in [1.807, 2.05) is 9.80 Å². The van der Waals surface area contributed by atoms with Gasteiger partial charge in [-0.25, -0.2) is 0 Å². The normalized spacial score (nSPS) is 22.6. The number of primary amides is 1. The fraction of sp³-hybridized carbons (Fsp3) is 0.864. The van der Waals surface area contributed by atoms with E-state index in [9.17, 15) is 14.4 Å². The second kappa shape index (κ2) is 10.4. The molecule has 1 unspecified atom stereocenters. The number of nitrogens with zero attached hydrogens (tertiary/aromatic N) is 2. The first kappa shape index (κ1) is 23.6. The maximum absolute atomic E-state index is 13.5. The molecule has 2 fully saturated rings. The number of likely N-dealkylation sites (tertiary alicyclic amines) is 1. The van der Waals surface area contributed by atoms with Crippen molar-refractivity contribution in [3.05, 3.63) is 0 Å². The number of amides is 3. The molecular weight excluding hydrogens is 368 g/mol. The number of carbonyl (C=O) groups is 3. The van der Waals surface area contributed by atoms with Gasteiger partial charge < -0.3 is 20.9 Å². The summed E-state index contributed by atoms with van der Waals surface area (Å²) in [5.74, 6) is 0.111. The van der Waals surface area contributed by atoms with Crippen molar-refractivity contribution in [3.63, 3.8) is 0 Å².